The number of nitrogens with one attached hydrogen (secondary N) is 1. The number of hydrogen-bond acceptors (Lipinski definition) is 6. The van der Waals surface area contributed by atoms with Crippen molar-refractivity contribution in [1.82, 2.24) is 9.78 Å². The molecule has 8 heteroatoms. The van der Waals surface area contributed by atoms with Gasteiger partial charge in [-0.3, -0.25) is 9.59 Å². The zero-order valence-electron chi connectivity index (χ0n) is 13.6. The Labute approximate surface area is 146 Å². The van der Waals surface area contributed by atoms with Crippen LogP contribution in [0.25, 0.3) is 10.1 Å². The summed E-state index contributed by atoms with van der Waals surface area (Å²) in [6.45, 7) is 2.08. The molecule has 0 aliphatic rings. The van der Waals surface area contributed by atoms with E-state index in [0.717, 1.165) is 14.8 Å². The van der Waals surface area contributed by atoms with Crippen molar-refractivity contribution in [1.29, 1.82) is 0 Å². The molecular weight excluding hydrogens is 342 g/mol. The molecule has 0 unspecified atom stereocenters. The Balaban J connectivity index is 1.83. The maximum absolute atomic E-state index is 12.3. The summed E-state index contributed by atoms with van der Waals surface area (Å²) in [4.78, 5) is 35.9. The van der Waals surface area contributed by atoms with Crippen molar-refractivity contribution in [2.75, 3.05) is 11.9 Å². The van der Waals surface area contributed by atoms with Gasteiger partial charge in [0.1, 0.15) is 10.6 Å². The van der Waals surface area contributed by atoms with Crippen LogP contribution < -0.4 is 10.9 Å². The number of thiophene rings is 1. The van der Waals surface area contributed by atoms with Crippen LogP contribution in [-0.4, -0.2) is 28.3 Å². The molecule has 7 nitrogen and oxygen atoms in total. The van der Waals surface area contributed by atoms with Gasteiger partial charge in [-0.15, -0.1) is 11.3 Å². The van der Waals surface area contributed by atoms with Gasteiger partial charge >= 0.3 is 5.97 Å². The first-order valence-electron chi connectivity index (χ1n) is 7.54. The number of hydrogen-bond donors (Lipinski definition) is 1. The van der Waals surface area contributed by atoms with Gasteiger partial charge in [0.15, 0.2) is 0 Å². The highest BCUT2D eigenvalue weighted by atomic mass is 32.1. The van der Waals surface area contributed by atoms with E-state index in [0.29, 0.717) is 17.2 Å². The largest absolute Gasteiger partial charge is 0.462 e. The maximum Gasteiger partial charge on any atom is 0.348 e. The number of benzene rings is 1. The fourth-order valence-electron chi connectivity index (χ4n) is 2.24. The standard InChI is InChI=1S/C17H15N3O4S/c1-3-24-17(23)14-9-10-8-11(4-6-13(10)25-14)18-16(22)12-5-7-15(21)20(2)19-12/h4-9H,3H2,1-2H3,(H,18,22). The fourth-order valence-corrected chi connectivity index (χ4v) is 3.18. The van der Waals surface area contributed by atoms with Gasteiger partial charge in [0, 0.05) is 23.5 Å². The Hall–Kier alpha value is -3.00. The summed E-state index contributed by atoms with van der Waals surface area (Å²) in [5.41, 5.74) is 0.420. The first-order chi connectivity index (χ1) is 12.0. The van der Waals surface area contributed by atoms with Crippen molar-refractivity contribution >= 4 is 39.0 Å². The van der Waals surface area contributed by atoms with E-state index in [1.807, 2.05) is 6.07 Å². The zero-order chi connectivity index (χ0) is 18.0. The summed E-state index contributed by atoms with van der Waals surface area (Å²) in [6.07, 6.45) is 0. The van der Waals surface area contributed by atoms with Crippen molar-refractivity contribution in [3.63, 3.8) is 0 Å². The summed E-state index contributed by atoms with van der Waals surface area (Å²) in [7, 11) is 1.48. The number of anilines is 1. The van der Waals surface area contributed by atoms with Gasteiger partial charge in [0.2, 0.25) is 0 Å². The van der Waals surface area contributed by atoms with Crippen LogP contribution in [0.5, 0.6) is 0 Å². The molecule has 0 aliphatic heterocycles. The molecule has 3 rings (SSSR count). The molecule has 0 radical (unpaired) electrons. The molecule has 25 heavy (non-hydrogen) atoms. The minimum atomic E-state index is -0.421. The third-order valence-electron chi connectivity index (χ3n) is 3.44. The molecule has 3 aromatic rings. The number of esters is 1. The Morgan fingerprint density at radius 1 is 1.24 bits per heavy atom. The highest BCUT2D eigenvalue weighted by Crippen LogP contribution is 2.28. The summed E-state index contributed by atoms with van der Waals surface area (Å²) in [6, 6.07) is 9.74. The molecule has 0 spiro atoms. The Bertz CT molecular complexity index is 1020. The van der Waals surface area contributed by atoms with E-state index in [1.165, 1.54) is 30.5 Å². The summed E-state index contributed by atoms with van der Waals surface area (Å²) < 4.78 is 7.01. The highest BCUT2D eigenvalue weighted by molar-refractivity contribution is 7.20. The second-order valence-electron chi connectivity index (χ2n) is 5.22. The molecule has 0 saturated carbocycles. The normalized spacial score (nSPS) is 10.6. The van der Waals surface area contributed by atoms with Crippen LogP contribution in [0.3, 0.4) is 0 Å². The molecule has 0 fully saturated rings. The van der Waals surface area contributed by atoms with Crippen LogP contribution in [0.15, 0.2) is 41.2 Å². The summed E-state index contributed by atoms with van der Waals surface area (Å²) >= 11 is 1.34. The predicted molar refractivity (Wildman–Crippen MR) is 95.2 cm³/mol. The lowest BCUT2D eigenvalue weighted by molar-refractivity contribution is 0.0532. The smallest absolute Gasteiger partial charge is 0.348 e. The minimum absolute atomic E-state index is 0.139. The number of carbonyl (C=O) groups is 2. The molecule has 1 aromatic carbocycles. The number of aryl methyl sites for hydroxylation is 1. The molecule has 0 atom stereocenters. The number of carbonyl (C=O) groups excluding carboxylic acids is 2. The average Bonchev–Trinajstić information content (AvgIpc) is 3.01. The van der Waals surface area contributed by atoms with E-state index in [2.05, 4.69) is 10.4 Å². The lowest BCUT2D eigenvalue weighted by atomic mass is 10.2. The van der Waals surface area contributed by atoms with E-state index in [-0.39, 0.29) is 17.2 Å². The van der Waals surface area contributed by atoms with Crippen LogP contribution in [0.4, 0.5) is 5.69 Å². The molecule has 1 amide bonds. The van der Waals surface area contributed by atoms with Crippen molar-refractivity contribution in [3.8, 4) is 0 Å². The SMILES string of the molecule is CCOC(=O)c1cc2cc(NC(=O)c3ccc(=O)n(C)n3)ccc2s1. The minimum Gasteiger partial charge on any atom is -0.462 e. The maximum atomic E-state index is 12.3. The van der Waals surface area contributed by atoms with Crippen LogP contribution in [0.1, 0.15) is 27.1 Å². The van der Waals surface area contributed by atoms with Crippen LogP contribution >= 0.6 is 11.3 Å². The molecule has 0 saturated heterocycles. The fraction of sp³-hybridized carbons (Fsp3) is 0.176. The molecule has 2 heterocycles. The molecule has 0 aliphatic carbocycles. The highest BCUT2D eigenvalue weighted by Gasteiger charge is 2.13. The molecule has 1 N–H and O–H groups in total. The van der Waals surface area contributed by atoms with Gasteiger partial charge < -0.3 is 10.1 Å². The topological polar surface area (TPSA) is 90.3 Å². The van der Waals surface area contributed by atoms with E-state index in [1.54, 1.807) is 25.1 Å². The second-order valence-corrected chi connectivity index (χ2v) is 6.30. The summed E-state index contributed by atoms with van der Waals surface area (Å²) in [5, 5.41) is 7.48. The van der Waals surface area contributed by atoms with Gasteiger partial charge in [0.25, 0.3) is 11.5 Å². The lowest BCUT2D eigenvalue weighted by Gasteiger charge is -2.05. The molecular formula is C17H15N3O4S. The predicted octanol–water partition coefficient (Wildman–Crippen LogP) is 2.42. The molecule has 128 valence electrons. The number of amides is 1. The number of fused-ring (bicyclic) bond motifs is 1. The molecule has 2 aromatic heterocycles. The number of ether oxygens (including phenoxy) is 1. The molecule has 0 bridgehead atoms. The Morgan fingerprint density at radius 2 is 2.04 bits per heavy atom. The third-order valence-corrected chi connectivity index (χ3v) is 4.54. The van der Waals surface area contributed by atoms with Gasteiger partial charge in [-0.1, -0.05) is 0 Å². The van der Waals surface area contributed by atoms with Crippen LogP contribution in [-0.2, 0) is 11.8 Å². The average molecular weight is 357 g/mol. The Kier molecular flexibility index (Phi) is 4.62. The third kappa shape index (κ3) is 3.58. The zero-order valence-corrected chi connectivity index (χ0v) is 14.4. The van der Waals surface area contributed by atoms with Crippen molar-refractivity contribution < 1.29 is 14.3 Å². The van der Waals surface area contributed by atoms with Gasteiger partial charge in [-0.2, -0.15) is 5.10 Å². The summed E-state index contributed by atoms with van der Waals surface area (Å²) in [5.74, 6) is -0.778. The first-order valence-corrected chi connectivity index (χ1v) is 8.36. The van der Waals surface area contributed by atoms with E-state index < -0.39 is 5.91 Å². The van der Waals surface area contributed by atoms with Gasteiger partial charge in [0.05, 0.1) is 6.61 Å². The van der Waals surface area contributed by atoms with Crippen molar-refractivity contribution in [2.45, 2.75) is 6.92 Å². The van der Waals surface area contributed by atoms with E-state index in [9.17, 15) is 14.4 Å². The quantitative estimate of drug-likeness (QED) is 0.724. The first kappa shape index (κ1) is 16.8. The van der Waals surface area contributed by atoms with Crippen molar-refractivity contribution in [2.24, 2.45) is 7.05 Å². The van der Waals surface area contributed by atoms with Gasteiger partial charge in [-0.25, -0.2) is 9.48 Å². The van der Waals surface area contributed by atoms with Crippen molar-refractivity contribution in [3.05, 3.63) is 57.3 Å². The van der Waals surface area contributed by atoms with Gasteiger partial charge in [-0.05, 0) is 42.6 Å². The second kappa shape index (κ2) is 6.86. The van der Waals surface area contributed by atoms with Crippen LogP contribution in [0, 0.1) is 0 Å². The number of nitrogens with zero attached hydrogens (tertiary/aromatic N) is 2. The lowest BCUT2D eigenvalue weighted by Crippen LogP contribution is -2.23. The Morgan fingerprint density at radius 3 is 2.76 bits per heavy atom. The monoisotopic (exact) mass is 357 g/mol. The van der Waals surface area contributed by atoms with Crippen LogP contribution in [0.2, 0.25) is 0 Å². The van der Waals surface area contributed by atoms with E-state index >= 15 is 0 Å². The number of aromatic nitrogens is 2. The number of rotatable bonds is 4. The van der Waals surface area contributed by atoms with E-state index in [4.69, 9.17) is 4.74 Å².